The van der Waals surface area contributed by atoms with Crippen LogP contribution in [0.25, 0.3) is 0 Å². The number of hydrogen-bond donors (Lipinski definition) is 0. The molecule has 1 atom stereocenters. The van der Waals surface area contributed by atoms with Crippen molar-refractivity contribution in [2.24, 2.45) is 5.41 Å². The monoisotopic (exact) mass is 296 g/mol. The molecule has 0 radical (unpaired) electrons. The molecule has 17 heavy (non-hydrogen) atoms. The van der Waals surface area contributed by atoms with Crippen LogP contribution in [0.4, 0.5) is 0 Å². The summed E-state index contributed by atoms with van der Waals surface area (Å²) in [4.78, 5) is 0.409. The van der Waals surface area contributed by atoms with E-state index in [-0.39, 0.29) is 5.41 Å². The number of halogens is 1. The van der Waals surface area contributed by atoms with E-state index in [0.717, 1.165) is 31.6 Å². The summed E-state index contributed by atoms with van der Waals surface area (Å²) in [5.41, 5.74) is 3.02. The van der Waals surface area contributed by atoms with Gasteiger partial charge in [-0.25, -0.2) is 0 Å². The Kier molecular flexibility index (Phi) is 3.82. The van der Waals surface area contributed by atoms with Crippen LogP contribution < -0.4 is 4.74 Å². The summed E-state index contributed by atoms with van der Waals surface area (Å²) in [6.45, 7) is 7.73. The van der Waals surface area contributed by atoms with E-state index >= 15 is 0 Å². The fourth-order valence-electron chi connectivity index (χ4n) is 2.17. The van der Waals surface area contributed by atoms with E-state index in [1.54, 1.807) is 0 Å². The van der Waals surface area contributed by atoms with Crippen LogP contribution in [0.15, 0.2) is 18.2 Å². The van der Waals surface area contributed by atoms with Gasteiger partial charge in [-0.05, 0) is 41.9 Å². The van der Waals surface area contributed by atoms with Gasteiger partial charge in [0, 0.05) is 4.83 Å². The van der Waals surface area contributed by atoms with Crippen molar-refractivity contribution in [2.75, 3.05) is 6.61 Å². The molecule has 0 N–H and O–H groups in total. The first-order chi connectivity index (χ1) is 8.04. The fourth-order valence-corrected chi connectivity index (χ4v) is 2.78. The van der Waals surface area contributed by atoms with E-state index < -0.39 is 0 Å². The molecule has 0 saturated carbocycles. The Morgan fingerprint density at radius 1 is 1.41 bits per heavy atom. The molecule has 0 amide bonds. The van der Waals surface area contributed by atoms with Gasteiger partial charge in [-0.2, -0.15) is 0 Å². The first-order valence-electron chi connectivity index (χ1n) is 6.44. The molecule has 94 valence electrons. The second kappa shape index (κ2) is 5.01. The van der Waals surface area contributed by atoms with Gasteiger partial charge in [0.25, 0.3) is 0 Å². The lowest BCUT2D eigenvalue weighted by molar-refractivity contribution is 0.287. The molecule has 1 nitrogen and oxygen atoms in total. The molecule has 0 fully saturated rings. The lowest BCUT2D eigenvalue weighted by Crippen LogP contribution is -2.17. The van der Waals surface area contributed by atoms with Gasteiger partial charge in [-0.15, -0.1) is 0 Å². The van der Waals surface area contributed by atoms with Crippen LogP contribution >= 0.6 is 15.9 Å². The van der Waals surface area contributed by atoms with Crippen LogP contribution in [-0.4, -0.2) is 6.61 Å². The maximum Gasteiger partial charge on any atom is 0.122 e. The summed E-state index contributed by atoms with van der Waals surface area (Å²) < 4.78 is 5.65. The third kappa shape index (κ3) is 2.67. The Morgan fingerprint density at radius 2 is 2.18 bits per heavy atom. The summed E-state index contributed by atoms with van der Waals surface area (Å²) in [7, 11) is 0. The van der Waals surface area contributed by atoms with E-state index in [1.807, 2.05) is 0 Å². The minimum absolute atomic E-state index is 0.282. The Morgan fingerprint density at radius 3 is 2.88 bits per heavy atom. The smallest absolute Gasteiger partial charge is 0.122 e. The molecule has 0 aromatic heterocycles. The summed E-state index contributed by atoms with van der Waals surface area (Å²) in [6.07, 6.45) is 3.45. The van der Waals surface area contributed by atoms with E-state index in [1.165, 1.54) is 11.1 Å². The fraction of sp³-hybridized carbons (Fsp3) is 0.600. The highest BCUT2D eigenvalue weighted by Gasteiger charge is 2.27. The summed E-state index contributed by atoms with van der Waals surface area (Å²) in [5.74, 6) is 1.08. The van der Waals surface area contributed by atoms with Gasteiger partial charge in [0.2, 0.25) is 0 Å². The Hall–Kier alpha value is -0.500. The van der Waals surface area contributed by atoms with Gasteiger partial charge in [0.05, 0.1) is 6.61 Å². The zero-order valence-corrected chi connectivity index (χ0v) is 12.5. The average Bonchev–Trinajstić information content (AvgIpc) is 2.37. The molecule has 1 heterocycles. The number of aryl methyl sites for hydroxylation is 1. The van der Waals surface area contributed by atoms with Gasteiger partial charge >= 0.3 is 0 Å². The predicted octanol–water partition coefficient (Wildman–Crippen LogP) is 4.88. The molecule has 1 unspecified atom stereocenters. The number of rotatable bonds is 3. The second-order valence-corrected chi connectivity index (χ2v) is 6.44. The summed E-state index contributed by atoms with van der Waals surface area (Å²) >= 11 is 3.85. The van der Waals surface area contributed by atoms with Crippen molar-refractivity contribution in [1.82, 2.24) is 0 Å². The number of alkyl halides is 1. The molecule has 0 saturated heterocycles. The molecule has 1 aliphatic heterocycles. The van der Waals surface area contributed by atoms with Crippen molar-refractivity contribution in [3.8, 4) is 5.75 Å². The van der Waals surface area contributed by atoms with Crippen LogP contribution in [0.2, 0.25) is 0 Å². The standard InChI is InChI=1S/C15H21BrO/c1-4-15(2,3)14(16)12-7-8-13-11(10-12)6-5-9-17-13/h7-8,10,14H,4-6,9H2,1-3H3. The van der Waals surface area contributed by atoms with Gasteiger partial charge in [-0.1, -0.05) is 48.8 Å². The SMILES string of the molecule is CCC(C)(C)C(Br)c1ccc2c(c1)CCCO2. The normalized spacial score (nSPS) is 17.2. The molecule has 0 spiro atoms. The van der Waals surface area contributed by atoms with Gasteiger partial charge in [0.1, 0.15) is 5.75 Å². The summed E-state index contributed by atoms with van der Waals surface area (Å²) in [6, 6.07) is 6.64. The van der Waals surface area contributed by atoms with Gasteiger partial charge < -0.3 is 4.74 Å². The van der Waals surface area contributed by atoms with Crippen molar-refractivity contribution in [2.45, 2.75) is 44.9 Å². The minimum atomic E-state index is 0.282. The van der Waals surface area contributed by atoms with E-state index in [9.17, 15) is 0 Å². The molecule has 2 heteroatoms. The molecule has 1 aromatic carbocycles. The van der Waals surface area contributed by atoms with Gasteiger partial charge in [-0.3, -0.25) is 0 Å². The highest BCUT2D eigenvalue weighted by Crippen LogP contribution is 2.44. The van der Waals surface area contributed by atoms with Crippen molar-refractivity contribution in [3.63, 3.8) is 0 Å². The third-order valence-corrected chi connectivity index (χ3v) is 5.59. The molecular weight excluding hydrogens is 276 g/mol. The predicted molar refractivity (Wildman–Crippen MR) is 76.0 cm³/mol. The van der Waals surface area contributed by atoms with Crippen LogP contribution in [0, 0.1) is 5.41 Å². The maximum absolute atomic E-state index is 5.65. The zero-order valence-electron chi connectivity index (χ0n) is 10.9. The zero-order chi connectivity index (χ0) is 12.5. The van der Waals surface area contributed by atoms with E-state index in [0.29, 0.717) is 4.83 Å². The molecule has 0 aliphatic carbocycles. The largest absolute Gasteiger partial charge is 0.493 e. The second-order valence-electron chi connectivity index (χ2n) is 5.52. The Balaban J connectivity index is 2.28. The molecule has 2 rings (SSSR count). The first kappa shape index (κ1) is 12.9. The molecule has 0 bridgehead atoms. The van der Waals surface area contributed by atoms with Gasteiger partial charge in [0.15, 0.2) is 0 Å². The van der Waals surface area contributed by atoms with Crippen LogP contribution in [0.1, 0.15) is 49.6 Å². The number of benzene rings is 1. The average molecular weight is 297 g/mol. The quantitative estimate of drug-likeness (QED) is 0.722. The molecule has 1 aliphatic rings. The number of ether oxygens (including phenoxy) is 1. The minimum Gasteiger partial charge on any atom is -0.493 e. The summed E-state index contributed by atoms with van der Waals surface area (Å²) in [5, 5.41) is 0. The van der Waals surface area contributed by atoms with Crippen LogP contribution in [-0.2, 0) is 6.42 Å². The molecular formula is C15H21BrO. The van der Waals surface area contributed by atoms with Crippen LogP contribution in [0.5, 0.6) is 5.75 Å². The number of fused-ring (bicyclic) bond motifs is 1. The number of hydrogen-bond acceptors (Lipinski definition) is 1. The van der Waals surface area contributed by atoms with Crippen molar-refractivity contribution >= 4 is 15.9 Å². The van der Waals surface area contributed by atoms with E-state index in [2.05, 4.69) is 54.9 Å². The topological polar surface area (TPSA) is 9.23 Å². The maximum atomic E-state index is 5.65. The first-order valence-corrected chi connectivity index (χ1v) is 7.36. The molecule has 1 aromatic rings. The Bertz CT molecular complexity index is 398. The van der Waals surface area contributed by atoms with Crippen molar-refractivity contribution in [3.05, 3.63) is 29.3 Å². The lowest BCUT2D eigenvalue weighted by atomic mass is 9.82. The van der Waals surface area contributed by atoms with Crippen LogP contribution in [0.3, 0.4) is 0 Å². The lowest BCUT2D eigenvalue weighted by Gasteiger charge is -2.30. The van der Waals surface area contributed by atoms with Crippen molar-refractivity contribution in [1.29, 1.82) is 0 Å². The third-order valence-electron chi connectivity index (χ3n) is 3.82. The Labute approximate surface area is 113 Å². The highest BCUT2D eigenvalue weighted by molar-refractivity contribution is 9.09. The van der Waals surface area contributed by atoms with E-state index in [4.69, 9.17) is 4.74 Å². The van der Waals surface area contributed by atoms with Crippen molar-refractivity contribution < 1.29 is 4.74 Å². The highest BCUT2D eigenvalue weighted by atomic mass is 79.9.